The average Bonchev–Trinajstić information content (AvgIpc) is 2.77. The minimum Gasteiger partial charge on any atom is -0.478 e. The number of hydrogen-bond acceptors (Lipinski definition) is 1. The molecule has 0 saturated carbocycles. The summed E-state index contributed by atoms with van der Waals surface area (Å²) in [5.74, 6) is -0.933. The second-order valence-corrected chi connectivity index (χ2v) is 6.06. The highest BCUT2D eigenvalue weighted by atomic mass is 35.5. The second kappa shape index (κ2) is 5.67. The molecule has 22 heavy (non-hydrogen) atoms. The van der Waals surface area contributed by atoms with Gasteiger partial charge in [-0.15, -0.1) is 0 Å². The van der Waals surface area contributed by atoms with Crippen molar-refractivity contribution < 1.29 is 9.90 Å². The zero-order valence-electron chi connectivity index (χ0n) is 11.8. The molecule has 3 rings (SSSR count). The fraction of sp³-hybridized carbons (Fsp3) is 0.118. The Labute approximate surface area is 137 Å². The third kappa shape index (κ3) is 2.70. The van der Waals surface area contributed by atoms with E-state index in [1.807, 2.05) is 23.6 Å². The molecule has 0 atom stereocenters. The van der Waals surface area contributed by atoms with Gasteiger partial charge in [-0.25, -0.2) is 4.79 Å². The molecule has 0 bridgehead atoms. The molecule has 0 unspecified atom stereocenters. The Morgan fingerprint density at radius 1 is 1.23 bits per heavy atom. The van der Waals surface area contributed by atoms with Crippen molar-refractivity contribution in [1.29, 1.82) is 0 Å². The Kier molecular flexibility index (Phi) is 3.85. The molecule has 5 heteroatoms. The first-order valence-electron chi connectivity index (χ1n) is 6.73. The normalized spacial score (nSPS) is 11.0. The van der Waals surface area contributed by atoms with Gasteiger partial charge in [0.25, 0.3) is 0 Å². The van der Waals surface area contributed by atoms with Gasteiger partial charge in [-0.05, 0) is 47.9 Å². The Balaban J connectivity index is 2.11. The summed E-state index contributed by atoms with van der Waals surface area (Å²) < 4.78 is 1.93. The summed E-state index contributed by atoms with van der Waals surface area (Å²) in [6.45, 7) is 2.01. The van der Waals surface area contributed by atoms with Crippen molar-refractivity contribution in [3.63, 3.8) is 0 Å². The third-order valence-corrected chi connectivity index (χ3v) is 4.32. The summed E-state index contributed by atoms with van der Waals surface area (Å²) >= 11 is 12.2. The van der Waals surface area contributed by atoms with E-state index in [2.05, 4.69) is 0 Å². The summed E-state index contributed by atoms with van der Waals surface area (Å²) in [6, 6.07) is 8.70. The molecular weight excluding hydrogens is 321 g/mol. The minimum absolute atomic E-state index is 0.272. The number of nitrogens with zero attached hydrogens (tertiary/aromatic N) is 1. The molecule has 1 N–H and O–H groups in total. The number of pyridine rings is 1. The molecule has 0 spiro atoms. The largest absolute Gasteiger partial charge is 0.478 e. The zero-order chi connectivity index (χ0) is 15.9. The van der Waals surface area contributed by atoms with E-state index < -0.39 is 5.97 Å². The number of benzene rings is 1. The van der Waals surface area contributed by atoms with Crippen LogP contribution in [0.4, 0.5) is 0 Å². The first-order chi connectivity index (χ1) is 10.5. The number of aryl methyl sites for hydroxylation is 1. The summed E-state index contributed by atoms with van der Waals surface area (Å²) in [4.78, 5) is 11.2. The molecule has 0 radical (unpaired) electrons. The fourth-order valence-corrected chi connectivity index (χ4v) is 3.05. The molecule has 1 aromatic carbocycles. The summed E-state index contributed by atoms with van der Waals surface area (Å²) in [6.07, 6.45) is 4.38. The molecule has 0 saturated heterocycles. The van der Waals surface area contributed by atoms with Gasteiger partial charge in [-0.3, -0.25) is 0 Å². The second-order valence-electron chi connectivity index (χ2n) is 5.22. The van der Waals surface area contributed by atoms with Gasteiger partial charge < -0.3 is 9.51 Å². The third-order valence-electron chi connectivity index (χ3n) is 3.73. The van der Waals surface area contributed by atoms with Crippen LogP contribution in [0.25, 0.3) is 5.52 Å². The number of carbonyl (C=O) groups is 1. The molecule has 0 fully saturated rings. The summed E-state index contributed by atoms with van der Waals surface area (Å²) in [5.41, 5.74) is 4.27. The molecule has 3 nitrogen and oxygen atoms in total. The van der Waals surface area contributed by atoms with Gasteiger partial charge in [0.2, 0.25) is 0 Å². The minimum atomic E-state index is -0.933. The van der Waals surface area contributed by atoms with Crippen molar-refractivity contribution >= 4 is 34.7 Å². The lowest BCUT2D eigenvalue weighted by atomic mass is 10.0. The van der Waals surface area contributed by atoms with Crippen LogP contribution >= 0.6 is 23.2 Å². The van der Waals surface area contributed by atoms with E-state index in [-0.39, 0.29) is 5.56 Å². The zero-order valence-corrected chi connectivity index (χ0v) is 13.3. The molecule has 2 aromatic heterocycles. The molecule has 0 amide bonds. The van der Waals surface area contributed by atoms with Crippen molar-refractivity contribution in [3.05, 3.63) is 75.0 Å². The Morgan fingerprint density at radius 3 is 2.68 bits per heavy atom. The van der Waals surface area contributed by atoms with Gasteiger partial charge in [0, 0.05) is 34.4 Å². The predicted octanol–water partition coefficient (Wildman–Crippen LogP) is 4.84. The van der Waals surface area contributed by atoms with Crippen molar-refractivity contribution in [2.45, 2.75) is 13.3 Å². The van der Waals surface area contributed by atoms with E-state index in [1.165, 1.54) is 0 Å². The van der Waals surface area contributed by atoms with E-state index in [9.17, 15) is 4.79 Å². The topological polar surface area (TPSA) is 41.7 Å². The van der Waals surface area contributed by atoms with Crippen LogP contribution in [-0.2, 0) is 6.42 Å². The molecule has 3 aromatic rings. The maximum absolute atomic E-state index is 11.2. The van der Waals surface area contributed by atoms with E-state index in [4.69, 9.17) is 28.3 Å². The Morgan fingerprint density at radius 2 is 2.00 bits per heavy atom. The molecule has 112 valence electrons. The monoisotopic (exact) mass is 333 g/mol. The number of fused-ring (bicyclic) bond motifs is 1. The average molecular weight is 334 g/mol. The van der Waals surface area contributed by atoms with Crippen LogP contribution in [0.1, 0.15) is 27.0 Å². The lowest BCUT2D eigenvalue weighted by Gasteiger charge is -2.06. The van der Waals surface area contributed by atoms with Crippen molar-refractivity contribution in [1.82, 2.24) is 4.40 Å². The van der Waals surface area contributed by atoms with Gasteiger partial charge in [-0.2, -0.15) is 0 Å². The standard InChI is InChI=1S/C17H13Cl2NO2/c1-10-9-20-5-4-12(17(21)22)7-16(20)14(10)6-11-2-3-13(18)8-15(11)19/h2-5,7-9H,6H2,1H3,(H,21,22). The van der Waals surface area contributed by atoms with Crippen LogP contribution in [-0.4, -0.2) is 15.5 Å². The van der Waals surface area contributed by atoms with Gasteiger partial charge in [0.1, 0.15) is 0 Å². The van der Waals surface area contributed by atoms with Crippen LogP contribution in [0.15, 0.2) is 42.7 Å². The molecular formula is C17H13Cl2NO2. The smallest absolute Gasteiger partial charge is 0.335 e. The number of rotatable bonds is 3. The highest BCUT2D eigenvalue weighted by Gasteiger charge is 2.13. The molecule has 2 heterocycles. The van der Waals surface area contributed by atoms with E-state index in [0.29, 0.717) is 16.5 Å². The lowest BCUT2D eigenvalue weighted by Crippen LogP contribution is -1.98. The predicted molar refractivity (Wildman–Crippen MR) is 88.4 cm³/mol. The Hall–Kier alpha value is -1.97. The number of carboxylic acid groups (broad SMARTS) is 1. The van der Waals surface area contributed by atoms with Crippen LogP contribution in [0, 0.1) is 6.92 Å². The van der Waals surface area contributed by atoms with Crippen molar-refractivity contribution in [2.24, 2.45) is 0 Å². The lowest BCUT2D eigenvalue weighted by molar-refractivity contribution is 0.0697. The van der Waals surface area contributed by atoms with Crippen LogP contribution in [0.5, 0.6) is 0 Å². The molecule has 0 aliphatic carbocycles. The quantitative estimate of drug-likeness (QED) is 0.744. The fourth-order valence-electron chi connectivity index (χ4n) is 2.57. The number of hydrogen-bond donors (Lipinski definition) is 1. The highest BCUT2D eigenvalue weighted by Crippen LogP contribution is 2.27. The first-order valence-corrected chi connectivity index (χ1v) is 7.48. The number of halogens is 2. The van der Waals surface area contributed by atoms with Crippen molar-refractivity contribution in [3.8, 4) is 0 Å². The van der Waals surface area contributed by atoms with Gasteiger partial charge in [0.15, 0.2) is 0 Å². The van der Waals surface area contributed by atoms with E-state index in [0.717, 1.165) is 22.2 Å². The summed E-state index contributed by atoms with van der Waals surface area (Å²) in [5, 5.41) is 10.4. The van der Waals surface area contributed by atoms with Crippen molar-refractivity contribution in [2.75, 3.05) is 0 Å². The van der Waals surface area contributed by atoms with Crippen LogP contribution in [0.2, 0.25) is 10.0 Å². The van der Waals surface area contributed by atoms with Gasteiger partial charge >= 0.3 is 5.97 Å². The van der Waals surface area contributed by atoms with Crippen LogP contribution in [0.3, 0.4) is 0 Å². The Bertz CT molecular complexity index is 884. The van der Waals surface area contributed by atoms with Gasteiger partial charge in [0.05, 0.1) is 5.56 Å². The first kappa shape index (κ1) is 14.9. The SMILES string of the molecule is Cc1cn2ccc(C(=O)O)cc2c1Cc1ccc(Cl)cc1Cl. The number of aromatic nitrogens is 1. The highest BCUT2D eigenvalue weighted by molar-refractivity contribution is 6.35. The maximum atomic E-state index is 11.2. The molecule has 0 aliphatic heterocycles. The number of carboxylic acids is 1. The summed E-state index contributed by atoms with van der Waals surface area (Å²) in [7, 11) is 0. The molecule has 0 aliphatic rings. The van der Waals surface area contributed by atoms with E-state index >= 15 is 0 Å². The van der Waals surface area contributed by atoms with Gasteiger partial charge in [-0.1, -0.05) is 29.3 Å². The van der Waals surface area contributed by atoms with E-state index in [1.54, 1.807) is 30.5 Å². The maximum Gasteiger partial charge on any atom is 0.335 e. The van der Waals surface area contributed by atoms with Crippen LogP contribution < -0.4 is 0 Å². The number of aromatic carboxylic acids is 1.